The molecule has 0 atom stereocenters. The molecular weight excluding hydrogens is 430 g/mol. The van der Waals surface area contributed by atoms with Crippen molar-refractivity contribution in [3.05, 3.63) is 51.3 Å². The summed E-state index contributed by atoms with van der Waals surface area (Å²) >= 11 is 0. The zero-order valence-electron chi connectivity index (χ0n) is 18.4. The van der Waals surface area contributed by atoms with Crippen LogP contribution >= 0.6 is 0 Å². The van der Waals surface area contributed by atoms with Crippen LogP contribution in [0.3, 0.4) is 0 Å². The molecule has 1 aromatic carbocycles. The fourth-order valence-corrected chi connectivity index (χ4v) is 3.42. The smallest absolute Gasteiger partial charge is 0.322 e. The quantitative estimate of drug-likeness (QED) is 0.322. The lowest BCUT2D eigenvalue weighted by Gasteiger charge is -2.26. The maximum absolute atomic E-state index is 11.3. The number of ether oxygens (including phenoxy) is 2. The number of morpholine rings is 1. The summed E-state index contributed by atoms with van der Waals surface area (Å²) in [6, 6.07) is 6.92. The average molecular weight is 453 g/mol. The van der Waals surface area contributed by atoms with E-state index >= 15 is 0 Å². The molecule has 0 aliphatic carbocycles. The molecule has 1 fully saturated rings. The fraction of sp³-hybridized carbons (Fsp3) is 0.333. The number of aromatic nitrogens is 3. The lowest BCUT2D eigenvalue weighted by molar-refractivity contribution is -0.385. The molecule has 3 aromatic rings. The summed E-state index contributed by atoms with van der Waals surface area (Å²) in [4.78, 5) is 25.7. The van der Waals surface area contributed by atoms with E-state index in [1.807, 2.05) is 11.8 Å². The van der Waals surface area contributed by atoms with Crippen molar-refractivity contribution in [3.8, 4) is 17.3 Å². The van der Waals surface area contributed by atoms with E-state index in [-0.39, 0.29) is 17.6 Å². The Balaban J connectivity index is 1.50. The van der Waals surface area contributed by atoms with E-state index in [0.29, 0.717) is 54.9 Å². The SMILES string of the molecule is COc1nc(N/N=C\c2ccc(-c3cc([N+](=O)[O-])c(C)cc3C)o2)nc(N2CCOCC2)n1. The summed E-state index contributed by atoms with van der Waals surface area (Å²) in [6.45, 7) is 6.12. The van der Waals surface area contributed by atoms with Gasteiger partial charge in [0.2, 0.25) is 5.95 Å². The molecule has 0 spiro atoms. The maximum atomic E-state index is 11.3. The number of methoxy groups -OCH3 is 1. The topological polar surface area (TPSA) is 141 Å². The normalized spacial score (nSPS) is 14.0. The Bertz CT molecular complexity index is 1190. The average Bonchev–Trinajstić information content (AvgIpc) is 3.27. The number of anilines is 2. The summed E-state index contributed by atoms with van der Waals surface area (Å²) in [5.41, 5.74) is 4.93. The highest BCUT2D eigenvalue weighted by atomic mass is 16.6. The molecule has 1 aliphatic heterocycles. The maximum Gasteiger partial charge on any atom is 0.322 e. The van der Waals surface area contributed by atoms with Crippen molar-refractivity contribution in [2.24, 2.45) is 5.10 Å². The molecule has 4 rings (SSSR count). The molecule has 33 heavy (non-hydrogen) atoms. The highest BCUT2D eigenvalue weighted by Gasteiger charge is 2.18. The second kappa shape index (κ2) is 9.61. The van der Waals surface area contributed by atoms with E-state index in [1.54, 1.807) is 25.1 Å². The number of nitro benzene ring substituents is 1. The van der Waals surface area contributed by atoms with Gasteiger partial charge in [-0.15, -0.1) is 0 Å². The number of nitrogens with one attached hydrogen (secondary N) is 1. The Kier molecular flexibility index (Phi) is 6.45. The van der Waals surface area contributed by atoms with E-state index < -0.39 is 4.92 Å². The molecule has 0 radical (unpaired) electrons. The van der Waals surface area contributed by atoms with Crippen LogP contribution in [-0.2, 0) is 4.74 Å². The fourth-order valence-electron chi connectivity index (χ4n) is 3.42. The number of hydrogen-bond acceptors (Lipinski definition) is 11. The van der Waals surface area contributed by atoms with Crippen molar-refractivity contribution in [2.75, 3.05) is 43.7 Å². The van der Waals surface area contributed by atoms with Crippen molar-refractivity contribution in [3.63, 3.8) is 0 Å². The molecule has 12 nitrogen and oxygen atoms in total. The predicted octanol–water partition coefficient (Wildman–Crippen LogP) is 2.95. The zero-order valence-corrected chi connectivity index (χ0v) is 18.4. The van der Waals surface area contributed by atoms with Crippen LogP contribution < -0.4 is 15.1 Å². The van der Waals surface area contributed by atoms with Crippen LogP contribution in [0.2, 0.25) is 0 Å². The summed E-state index contributed by atoms with van der Waals surface area (Å²) in [5, 5.41) is 15.4. The minimum atomic E-state index is -0.401. The minimum absolute atomic E-state index is 0.0451. The first-order chi connectivity index (χ1) is 15.9. The second-order valence-corrected chi connectivity index (χ2v) is 7.33. The third kappa shape index (κ3) is 5.06. The number of aryl methyl sites for hydroxylation is 2. The zero-order chi connectivity index (χ0) is 23.4. The molecule has 1 aliphatic rings. The van der Waals surface area contributed by atoms with E-state index in [2.05, 4.69) is 25.5 Å². The number of furan rings is 1. The number of rotatable bonds is 7. The Hall–Kier alpha value is -4.06. The van der Waals surface area contributed by atoms with Crippen molar-refractivity contribution >= 4 is 23.8 Å². The largest absolute Gasteiger partial charge is 0.467 e. The molecule has 0 unspecified atom stereocenters. The van der Waals surface area contributed by atoms with Gasteiger partial charge in [0.25, 0.3) is 11.6 Å². The van der Waals surface area contributed by atoms with Gasteiger partial charge < -0.3 is 18.8 Å². The van der Waals surface area contributed by atoms with Crippen molar-refractivity contribution in [2.45, 2.75) is 13.8 Å². The van der Waals surface area contributed by atoms with Gasteiger partial charge in [0.05, 0.1) is 31.5 Å². The number of hydrogen-bond donors (Lipinski definition) is 1. The molecule has 0 amide bonds. The van der Waals surface area contributed by atoms with Crippen LogP contribution in [0.1, 0.15) is 16.9 Å². The number of nitro groups is 1. The summed E-state index contributed by atoms with van der Waals surface area (Å²) in [6.07, 6.45) is 1.46. The second-order valence-electron chi connectivity index (χ2n) is 7.33. The van der Waals surface area contributed by atoms with Crippen LogP contribution in [0.5, 0.6) is 6.01 Å². The van der Waals surface area contributed by atoms with E-state index in [9.17, 15) is 10.1 Å². The third-order valence-corrected chi connectivity index (χ3v) is 5.07. The standard InChI is InChI=1S/C21H23N7O5/c1-13-10-14(2)17(28(29)30)11-16(13)18-5-4-15(33-18)12-22-26-19-23-20(25-21(24-19)31-3)27-6-8-32-9-7-27/h4-5,10-12H,6-9H2,1-3H3,(H,23,24,25,26)/b22-12-. The molecule has 1 N–H and O–H groups in total. The van der Waals surface area contributed by atoms with E-state index in [4.69, 9.17) is 13.9 Å². The van der Waals surface area contributed by atoms with Crippen molar-refractivity contribution in [1.29, 1.82) is 0 Å². The first-order valence-electron chi connectivity index (χ1n) is 10.2. The van der Waals surface area contributed by atoms with Gasteiger partial charge in [-0.2, -0.15) is 20.1 Å². The van der Waals surface area contributed by atoms with E-state index in [0.717, 1.165) is 5.56 Å². The lowest BCUT2D eigenvalue weighted by Crippen LogP contribution is -2.37. The summed E-state index contributed by atoms with van der Waals surface area (Å²) in [7, 11) is 1.48. The predicted molar refractivity (Wildman–Crippen MR) is 121 cm³/mol. The monoisotopic (exact) mass is 453 g/mol. The Morgan fingerprint density at radius 3 is 2.70 bits per heavy atom. The number of benzene rings is 1. The van der Waals surface area contributed by atoms with Crippen LogP contribution in [0.15, 0.2) is 33.8 Å². The van der Waals surface area contributed by atoms with Gasteiger partial charge in [0.15, 0.2) is 0 Å². The van der Waals surface area contributed by atoms with Crippen molar-refractivity contribution in [1.82, 2.24) is 15.0 Å². The van der Waals surface area contributed by atoms with E-state index in [1.165, 1.54) is 19.4 Å². The Morgan fingerprint density at radius 1 is 1.18 bits per heavy atom. The number of hydrazone groups is 1. The van der Waals surface area contributed by atoms with Gasteiger partial charge >= 0.3 is 6.01 Å². The minimum Gasteiger partial charge on any atom is -0.467 e. The molecule has 3 heterocycles. The third-order valence-electron chi connectivity index (χ3n) is 5.07. The number of nitrogens with zero attached hydrogens (tertiary/aromatic N) is 6. The first-order valence-corrected chi connectivity index (χ1v) is 10.2. The van der Waals surface area contributed by atoms with Crippen LogP contribution in [0.25, 0.3) is 11.3 Å². The Labute approximate surface area is 189 Å². The summed E-state index contributed by atoms with van der Waals surface area (Å²) < 4.78 is 16.3. The highest BCUT2D eigenvalue weighted by Crippen LogP contribution is 2.31. The van der Waals surface area contributed by atoms with Gasteiger partial charge in [0, 0.05) is 30.3 Å². The molecule has 1 saturated heterocycles. The first kappa shape index (κ1) is 22.1. The highest BCUT2D eigenvalue weighted by molar-refractivity contribution is 5.78. The molecule has 2 aromatic heterocycles. The Morgan fingerprint density at radius 2 is 1.97 bits per heavy atom. The molecule has 172 valence electrons. The van der Waals surface area contributed by atoms with Crippen LogP contribution in [0, 0.1) is 24.0 Å². The van der Waals surface area contributed by atoms with Crippen LogP contribution in [0.4, 0.5) is 17.6 Å². The van der Waals surface area contributed by atoms with Gasteiger partial charge in [-0.3, -0.25) is 10.1 Å². The van der Waals surface area contributed by atoms with Gasteiger partial charge in [0.1, 0.15) is 11.5 Å². The van der Waals surface area contributed by atoms with Crippen LogP contribution in [-0.4, -0.2) is 59.5 Å². The van der Waals surface area contributed by atoms with Crippen molar-refractivity contribution < 1.29 is 18.8 Å². The summed E-state index contributed by atoms with van der Waals surface area (Å²) in [5.74, 6) is 1.65. The molecule has 0 bridgehead atoms. The van der Waals surface area contributed by atoms with Gasteiger partial charge in [-0.05, 0) is 37.6 Å². The molecule has 0 saturated carbocycles. The molecular formula is C21H23N7O5. The van der Waals surface area contributed by atoms with Gasteiger partial charge in [-0.25, -0.2) is 5.43 Å². The molecule has 12 heteroatoms. The lowest BCUT2D eigenvalue weighted by atomic mass is 10.0. The van der Waals surface area contributed by atoms with Gasteiger partial charge in [-0.1, -0.05) is 0 Å².